The SMILES string of the molecule is c1cc2ccc(CNCCC3CCOC3)cc2[nH]1. The van der Waals surface area contributed by atoms with Crippen LogP contribution in [0.2, 0.25) is 0 Å². The first-order valence-electron chi connectivity index (χ1n) is 6.76. The van der Waals surface area contributed by atoms with Crippen LogP contribution in [-0.4, -0.2) is 24.7 Å². The number of hydrogen-bond donors (Lipinski definition) is 2. The van der Waals surface area contributed by atoms with Gasteiger partial charge in [0.15, 0.2) is 0 Å². The van der Waals surface area contributed by atoms with Gasteiger partial charge in [0, 0.05) is 31.5 Å². The first-order chi connectivity index (χ1) is 8.92. The minimum atomic E-state index is 0.767. The molecule has 0 amide bonds. The zero-order chi connectivity index (χ0) is 12.2. The van der Waals surface area contributed by atoms with Crippen molar-refractivity contribution in [3.8, 4) is 0 Å². The first kappa shape index (κ1) is 11.8. The van der Waals surface area contributed by atoms with Crippen LogP contribution in [-0.2, 0) is 11.3 Å². The van der Waals surface area contributed by atoms with Gasteiger partial charge in [0.2, 0.25) is 0 Å². The summed E-state index contributed by atoms with van der Waals surface area (Å²) in [4.78, 5) is 3.25. The number of benzene rings is 1. The first-order valence-corrected chi connectivity index (χ1v) is 6.76. The van der Waals surface area contributed by atoms with E-state index < -0.39 is 0 Å². The lowest BCUT2D eigenvalue weighted by molar-refractivity contribution is 0.184. The van der Waals surface area contributed by atoms with E-state index in [1.165, 1.54) is 29.3 Å². The van der Waals surface area contributed by atoms with Crippen LogP contribution >= 0.6 is 0 Å². The highest BCUT2D eigenvalue weighted by Crippen LogP contribution is 2.16. The molecule has 0 bridgehead atoms. The van der Waals surface area contributed by atoms with Crippen LogP contribution in [0.4, 0.5) is 0 Å². The molecular formula is C15H20N2O. The molecule has 3 rings (SSSR count). The van der Waals surface area contributed by atoms with Gasteiger partial charge < -0.3 is 15.0 Å². The monoisotopic (exact) mass is 244 g/mol. The Morgan fingerprint density at radius 1 is 1.33 bits per heavy atom. The van der Waals surface area contributed by atoms with E-state index in [1.807, 2.05) is 6.20 Å². The molecule has 96 valence electrons. The van der Waals surface area contributed by atoms with E-state index in [-0.39, 0.29) is 0 Å². The molecule has 1 aliphatic rings. The van der Waals surface area contributed by atoms with Crippen molar-refractivity contribution in [1.82, 2.24) is 10.3 Å². The zero-order valence-electron chi connectivity index (χ0n) is 10.6. The predicted molar refractivity (Wildman–Crippen MR) is 73.5 cm³/mol. The van der Waals surface area contributed by atoms with Crippen LogP contribution in [0.25, 0.3) is 10.9 Å². The van der Waals surface area contributed by atoms with Gasteiger partial charge >= 0.3 is 0 Å². The Hall–Kier alpha value is -1.32. The lowest BCUT2D eigenvalue weighted by Gasteiger charge is -2.08. The second kappa shape index (κ2) is 5.55. The van der Waals surface area contributed by atoms with Gasteiger partial charge in [-0.25, -0.2) is 0 Å². The maximum Gasteiger partial charge on any atom is 0.0495 e. The van der Waals surface area contributed by atoms with Crippen molar-refractivity contribution in [2.75, 3.05) is 19.8 Å². The molecule has 1 saturated heterocycles. The highest BCUT2D eigenvalue weighted by atomic mass is 16.5. The van der Waals surface area contributed by atoms with Crippen LogP contribution in [0.3, 0.4) is 0 Å². The molecule has 2 heterocycles. The quantitative estimate of drug-likeness (QED) is 0.793. The van der Waals surface area contributed by atoms with Crippen molar-refractivity contribution in [2.45, 2.75) is 19.4 Å². The molecule has 0 aliphatic carbocycles. The number of hydrogen-bond acceptors (Lipinski definition) is 2. The van der Waals surface area contributed by atoms with Crippen LogP contribution in [0.5, 0.6) is 0 Å². The van der Waals surface area contributed by atoms with Crippen LogP contribution in [0, 0.1) is 5.92 Å². The molecule has 3 nitrogen and oxygen atoms in total. The third-order valence-electron chi connectivity index (χ3n) is 3.70. The Kier molecular flexibility index (Phi) is 3.62. The van der Waals surface area contributed by atoms with E-state index in [0.29, 0.717) is 0 Å². The Bertz CT molecular complexity index is 500. The lowest BCUT2D eigenvalue weighted by atomic mass is 10.1. The van der Waals surface area contributed by atoms with Crippen LogP contribution in [0.15, 0.2) is 30.5 Å². The van der Waals surface area contributed by atoms with Crippen molar-refractivity contribution < 1.29 is 4.74 Å². The normalized spacial score (nSPS) is 19.7. The summed E-state index contributed by atoms with van der Waals surface area (Å²) in [6, 6.07) is 8.70. The molecule has 2 aromatic rings. The third kappa shape index (κ3) is 2.74. The predicted octanol–water partition coefficient (Wildman–Crippen LogP) is 2.68. The standard InChI is InChI=1S/C15H20N2O/c1-2-14-4-7-17-15(14)9-13(1)10-16-6-3-12-5-8-18-11-12/h1-2,4,7,9,12,16-17H,3,5-6,8,10-11H2. The van der Waals surface area contributed by atoms with E-state index in [0.717, 1.165) is 32.2 Å². The Labute approximate surface area is 108 Å². The second-order valence-electron chi connectivity index (χ2n) is 5.09. The van der Waals surface area contributed by atoms with Gasteiger partial charge in [0.1, 0.15) is 0 Å². The molecule has 18 heavy (non-hydrogen) atoms. The molecule has 2 N–H and O–H groups in total. The molecule has 1 atom stereocenters. The molecular weight excluding hydrogens is 224 g/mol. The topological polar surface area (TPSA) is 37.0 Å². The molecule has 0 radical (unpaired) electrons. The third-order valence-corrected chi connectivity index (χ3v) is 3.70. The summed E-state index contributed by atoms with van der Waals surface area (Å²) < 4.78 is 5.38. The number of rotatable bonds is 5. The van der Waals surface area contributed by atoms with E-state index in [2.05, 4.69) is 34.6 Å². The van der Waals surface area contributed by atoms with Crippen molar-refractivity contribution in [3.63, 3.8) is 0 Å². The zero-order valence-corrected chi connectivity index (χ0v) is 10.6. The summed E-state index contributed by atoms with van der Waals surface area (Å²) in [7, 11) is 0. The highest BCUT2D eigenvalue weighted by Gasteiger charge is 2.14. The number of aromatic amines is 1. The molecule has 3 heteroatoms. The summed E-state index contributed by atoms with van der Waals surface area (Å²) >= 11 is 0. The van der Waals surface area contributed by atoms with E-state index in [9.17, 15) is 0 Å². The Morgan fingerprint density at radius 2 is 2.33 bits per heavy atom. The maximum atomic E-state index is 5.38. The number of fused-ring (bicyclic) bond motifs is 1. The Morgan fingerprint density at radius 3 is 3.22 bits per heavy atom. The van der Waals surface area contributed by atoms with Crippen molar-refractivity contribution in [3.05, 3.63) is 36.0 Å². The molecule has 0 spiro atoms. The van der Waals surface area contributed by atoms with Gasteiger partial charge in [0.25, 0.3) is 0 Å². The van der Waals surface area contributed by atoms with E-state index in [1.54, 1.807) is 0 Å². The molecule has 1 aliphatic heterocycles. The smallest absolute Gasteiger partial charge is 0.0495 e. The molecule has 1 aromatic carbocycles. The number of ether oxygens (including phenoxy) is 1. The minimum Gasteiger partial charge on any atom is -0.381 e. The van der Waals surface area contributed by atoms with Crippen molar-refractivity contribution >= 4 is 10.9 Å². The van der Waals surface area contributed by atoms with Gasteiger partial charge in [0.05, 0.1) is 0 Å². The van der Waals surface area contributed by atoms with E-state index in [4.69, 9.17) is 4.74 Å². The maximum absolute atomic E-state index is 5.38. The van der Waals surface area contributed by atoms with Gasteiger partial charge in [-0.3, -0.25) is 0 Å². The van der Waals surface area contributed by atoms with Crippen molar-refractivity contribution in [2.24, 2.45) is 5.92 Å². The molecule has 1 aromatic heterocycles. The highest BCUT2D eigenvalue weighted by molar-refractivity contribution is 5.79. The van der Waals surface area contributed by atoms with Gasteiger partial charge in [-0.15, -0.1) is 0 Å². The van der Waals surface area contributed by atoms with E-state index >= 15 is 0 Å². The summed E-state index contributed by atoms with van der Waals surface area (Å²) in [6.45, 7) is 3.93. The summed E-state index contributed by atoms with van der Waals surface area (Å²) in [5.74, 6) is 0.767. The molecule has 1 unspecified atom stereocenters. The van der Waals surface area contributed by atoms with Gasteiger partial charge in [-0.05, 0) is 48.4 Å². The Balaban J connectivity index is 1.47. The number of nitrogens with one attached hydrogen (secondary N) is 2. The number of H-pyrrole nitrogens is 1. The fourth-order valence-electron chi connectivity index (χ4n) is 2.55. The largest absolute Gasteiger partial charge is 0.381 e. The van der Waals surface area contributed by atoms with Gasteiger partial charge in [-0.2, -0.15) is 0 Å². The fraction of sp³-hybridized carbons (Fsp3) is 0.467. The van der Waals surface area contributed by atoms with Crippen molar-refractivity contribution in [1.29, 1.82) is 0 Å². The lowest BCUT2D eigenvalue weighted by Crippen LogP contribution is -2.17. The van der Waals surface area contributed by atoms with Crippen LogP contribution < -0.4 is 5.32 Å². The minimum absolute atomic E-state index is 0.767. The average molecular weight is 244 g/mol. The summed E-state index contributed by atoms with van der Waals surface area (Å²) in [5, 5.41) is 4.80. The fourth-order valence-corrected chi connectivity index (χ4v) is 2.55. The number of aromatic nitrogens is 1. The van der Waals surface area contributed by atoms with Gasteiger partial charge in [-0.1, -0.05) is 12.1 Å². The molecule has 1 fully saturated rings. The molecule has 0 saturated carbocycles. The van der Waals surface area contributed by atoms with Crippen LogP contribution in [0.1, 0.15) is 18.4 Å². The average Bonchev–Trinajstić information content (AvgIpc) is 3.05. The summed E-state index contributed by atoms with van der Waals surface area (Å²) in [5.41, 5.74) is 2.56. The summed E-state index contributed by atoms with van der Waals surface area (Å²) in [6.07, 6.45) is 4.45. The second-order valence-corrected chi connectivity index (χ2v) is 5.09.